The average Bonchev–Trinajstić information content (AvgIpc) is 3.06. The van der Waals surface area contributed by atoms with E-state index in [0.717, 1.165) is 18.4 Å². The quantitative estimate of drug-likeness (QED) is 0.814. The Labute approximate surface area is 123 Å². The van der Waals surface area contributed by atoms with E-state index < -0.39 is 6.10 Å². The van der Waals surface area contributed by atoms with E-state index in [1.807, 2.05) is 0 Å². The van der Waals surface area contributed by atoms with Crippen LogP contribution in [-0.4, -0.2) is 30.9 Å². The summed E-state index contributed by atoms with van der Waals surface area (Å²) in [5, 5.41) is 14.1. The highest BCUT2D eigenvalue weighted by Gasteiger charge is 2.31. The van der Waals surface area contributed by atoms with Crippen LogP contribution in [0.1, 0.15) is 13.3 Å². The standard InChI is InChI=1S/C14H19Cl2NO2/c1-9-4-10(9)6-17-7-12(18)8-19-14-5-11(15)2-3-13(14)16/h2-3,5,9-10,12,17-18H,4,6-8H2,1H3. The van der Waals surface area contributed by atoms with Gasteiger partial charge in [-0.05, 0) is 36.9 Å². The van der Waals surface area contributed by atoms with Gasteiger partial charge in [-0.3, -0.25) is 0 Å². The summed E-state index contributed by atoms with van der Waals surface area (Å²) in [4.78, 5) is 0. The van der Waals surface area contributed by atoms with E-state index in [1.165, 1.54) is 6.42 Å². The molecule has 1 fully saturated rings. The number of aliphatic hydroxyl groups is 1. The largest absolute Gasteiger partial charge is 0.489 e. The number of nitrogens with one attached hydrogen (secondary N) is 1. The number of hydrogen-bond acceptors (Lipinski definition) is 3. The predicted octanol–water partition coefficient (Wildman–Crippen LogP) is 2.98. The van der Waals surface area contributed by atoms with Crippen LogP contribution in [0.25, 0.3) is 0 Å². The van der Waals surface area contributed by atoms with Gasteiger partial charge in [0.1, 0.15) is 18.5 Å². The molecule has 2 N–H and O–H groups in total. The summed E-state index contributed by atoms with van der Waals surface area (Å²) < 4.78 is 5.47. The van der Waals surface area contributed by atoms with E-state index in [2.05, 4.69) is 12.2 Å². The maximum absolute atomic E-state index is 9.81. The van der Waals surface area contributed by atoms with Gasteiger partial charge in [0.15, 0.2) is 0 Å². The molecule has 0 amide bonds. The molecule has 0 spiro atoms. The third-order valence-electron chi connectivity index (χ3n) is 3.39. The third kappa shape index (κ3) is 4.84. The van der Waals surface area contributed by atoms with Crippen molar-refractivity contribution < 1.29 is 9.84 Å². The highest BCUT2D eigenvalue weighted by molar-refractivity contribution is 6.34. The minimum absolute atomic E-state index is 0.202. The number of ether oxygens (including phenoxy) is 1. The van der Waals surface area contributed by atoms with Gasteiger partial charge >= 0.3 is 0 Å². The van der Waals surface area contributed by atoms with Gasteiger partial charge in [0.25, 0.3) is 0 Å². The predicted molar refractivity (Wildman–Crippen MR) is 78.1 cm³/mol. The fourth-order valence-electron chi connectivity index (χ4n) is 1.95. The zero-order valence-corrected chi connectivity index (χ0v) is 12.4. The third-order valence-corrected chi connectivity index (χ3v) is 3.93. The molecule has 3 unspecified atom stereocenters. The number of benzene rings is 1. The molecule has 1 aliphatic carbocycles. The van der Waals surface area contributed by atoms with Crippen molar-refractivity contribution in [1.29, 1.82) is 0 Å². The Bertz CT molecular complexity index is 428. The molecule has 3 nitrogen and oxygen atoms in total. The number of hydrogen-bond donors (Lipinski definition) is 2. The molecule has 0 radical (unpaired) electrons. The Morgan fingerprint density at radius 2 is 2.21 bits per heavy atom. The molecule has 106 valence electrons. The summed E-state index contributed by atoms with van der Waals surface area (Å²) in [6.45, 7) is 3.94. The summed E-state index contributed by atoms with van der Waals surface area (Å²) in [6, 6.07) is 5.03. The van der Waals surface area contributed by atoms with Crippen LogP contribution >= 0.6 is 23.2 Å². The van der Waals surface area contributed by atoms with E-state index >= 15 is 0 Å². The summed E-state index contributed by atoms with van der Waals surface area (Å²) in [5.41, 5.74) is 0. The van der Waals surface area contributed by atoms with Crippen molar-refractivity contribution in [2.45, 2.75) is 19.4 Å². The van der Waals surface area contributed by atoms with Crippen molar-refractivity contribution in [3.05, 3.63) is 28.2 Å². The number of aliphatic hydroxyl groups excluding tert-OH is 1. The summed E-state index contributed by atoms with van der Waals surface area (Å²) >= 11 is 11.8. The second-order valence-electron chi connectivity index (χ2n) is 5.17. The molecule has 1 aromatic rings. The van der Waals surface area contributed by atoms with Crippen molar-refractivity contribution in [2.24, 2.45) is 11.8 Å². The topological polar surface area (TPSA) is 41.5 Å². The van der Waals surface area contributed by atoms with Crippen molar-refractivity contribution in [3.63, 3.8) is 0 Å². The van der Waals surface area contributed by atoms with Crippen LogP contribution in [-0.2, 0) is 0 Å². The lowest BCUT2D eigenvalue weighted by Gasteiger charge is -2.14. The molecule has 0 heterocycles. The Morgan fingerprint density at radius 1 is 1.47 bits per heavy atom. The fourth-order valence-corrected chi connectivity index (χ4v) is 2.29. The molecule has 1 aliphatic rings. The molecule has 2 rings (SSSR count). The van der Waals surface area contributed by atoms with Gasteiger partial charge in [-0.15, -0.1) is 0 Å². The maximum Gasteiger partial charge on any atom is 0.139 e. The molecule has 1 saturated carbocycles. The van der Waals surface area contributed by atoms with Crippen LogP contribution in [0, 0.1) is 11.8 Å². The first-order valence-corrected chi connectivity index (χ1v) is 7.28. The summed E-state index contributed by atoms with van der Waals surface area (Å²) in [6.07, 6.45) is 0.738. The van der Waals surface area contributed by atoms with E-state index in [4.69, 9.17) is 27.9 Å². The first-order chi connectivity index (χ1) is 9.06. The molecular weight excluding hydrogens is 285 g/mol. The minimum Gasteiger partial charge on any atom is -0.489 e. The van der Waals surface area contributed by atoms with Crippen LogP contribution in [0.3, 0.4) is 0 Å². The SMILES string of the molecule is CC1CC1CNCC(O)COc1cc(Cl)ccc1Cl. The van der Waals surface area contributed by atoms with Crippen LogP contribution in [0.15, 0.2) is 18.2 Å². The zero-order valence-electron chi connectivity index (χ0n) is 10.9. The Hall–Kier alpha value is -0.480. The molecule has 1 aromatic carbocycles. The normalized spacial score (nSPS) is 23.2. The second kappa shape index (κ2) is 6.80. The van der Waals surface area contributed by atoms with Crippen LogP contribution in [0.2, 0.25) is 10.0 Å². The van der Waals surface area contributed by atoms with E-state index in [9.17, 15) is 5.11 Å². The molecule has 0 saturated heterocycles. The Kier molecular flexibility index (Phi) is 5.34. The van der Waals surface area contributed by atoms with Crippen LogP contribution in [0.5, 0.6) is 5.75 Å². The van der Waals surface area contributed by atoms with Gasteiger partial charge < -0.3 is 15.2 Å². The minimum atomic E-state index is -0.552. The molecule has 3 atom stereocenters. The van der Waals surface area contributed by atoms with Gasteiger partial charge in [0, 0.05) is 17.6 Å². The molecular formula is C14H19Cl2NO2. The van der Waals surface area contributed by atoms with E-state index in [-0.39, 0.29) is 6.61 Å². The van der Waals surface area contributed by atoms with Crippen molar-refractivity contribution in [3.8, 4) is 5.75 Å². The zero-order chi connectivity index (χ0) is 13.8. The van der Waals surface area contributed by atoms with E-state index in [0.29, 0.717) is 22.3 Å². The van der Waals surface area contributed by atoms with Gasteiger partial charge in [0.2, 0.25) is 0 Å². The van der Waals surface area contributed by atoms with Crippen molar-refractivity contribution in [2.75, 3.05) is 19.7 Å². The summed E-state index contributed by atoms with van der Waals surface area (Å²) in [5.74, 6) is 2.10. The van der Waals surface area contributed by atoms with Gasteiger partial charge in [0.05, 0.1) is 5.02 Å². The highest BCUT2D eigenvalue weighted by Crippen LogP contribution is 2.36. The molecule has 5 heteroatoms. The first-order valence-electron chi connectivity index (χ1n) is 6.53. The lowest BCUT2D eigenvalue weighted by molar-refractivity contribution is 0.106. The van der Waals surface area contributed by atoms with E-state index in [1.54, 1.807) is 18.2 Å². The number of rotatable bonds is 7. The van der Waals surface area contributed by atoms with Crippen molar-refractivity contribution in [1.82, 2.24) is 5.32 Å². The summed E-state index contributed by atoms with van der Waals surface area (Å²) in [7, 11) is 0. The highest BCUT2D eigenvalue weighted by atomic mass is 35.5. The average molecular weight is 304 g/mol. The number of halogens is 2. The van der Waals surface area contributed by atoms with Gasteiger partial charge in [-0.2, -0.15) is 0 Å². The maximum atomic E-state index is 9.81. The second-order valence-corrected chi connectivity index (χ2v) is 6.01. The molecule has 0 bridgehead atoms. The lowest BCUT2D eigenvalue weighted by Crippen LogP contribution is -2.32. The van der Waals surface area contributed by atoms with Crippen LogP contribution in [0.4, 0.5) is 0 Å². The first kappa shape index (κ1) is 14.9. The van der Waals surface area contributed by atoms with Crippen molar-refractivity contribution >= 4 is 23.2 Å². The Morgan fingerprint density at radius 3 is 2.89 bits per heavy atom. The van der Waals surface area contributed by atoms with Crippen LogP contribution < -0.4 is 10.1 Å². The smallest absolute Gasteiger partial charge is 0.139 e. The van der Waals surface area contributed by atoms with Gasteiger partial charge in [-0.25, -0.2) is 0 Å². The lowest BCUT2D eigenvalue weighted by atomic mass is 10.3. The Balaban J connectivity index is 1.67. The molecule has 0 aliphatic heterocycles. The van der Waals surface area contributed by atoms with Gasteiger partial charge in [-0.1, -0.05) is 30.1 Å². The molecule has 19 heavy (non-hydrogen) atoms. The molecule has 0 aromatic heterocycles. The monoisotopic (exact) mass is 303 g/mol. The fraction of sp³-hybridized carbons (Fsp3) is 0.571.